The molecule has 2 rings (SSSR count). The number of halogens is 1. The number of nitrogens with zero attached hydrogens (tertiary/aromatic N) is 2. The van der Waals surface area contributed by atoms with Crippen LogP contribution >= 0.6 is 11.6 Å². The Kier molecular flexibility index (Phi) is 11.0. The quantitative estimate of drug-likeness (QED) is 0.420. The molecule has 0 aliphatic carbocycles. The summed E-state index contributed by atoms with van der Waals surface area (Å²) in [4.78, 5) is 28.2. The Labute approximate surface area is 208 Å². The third-order valence-electron chi connectivity index (χ3n) is 5.54. The molecule has 0 spiro atoms. The molecule has 7 nitrogen and oxygen atoms in total. The van der Waals surface area contributed by atoms with Crippen LogP contribution < -0.4 is 5.32 Å². The van der Waals surface area contributed by atoms with Crippen molar-refractivity contribution in [3.05, 3.63) is 70.7 Å². The number of unbranched alkanes of at least 4 members (excludes halogenated alkanes) is 2. The van der Waals surface area contributed by atoms with E-state index in [0.717, 1.165) is 41.0 Å². The van der Waals surface area contributed by atoms with E-state index in [4.69, 9.17) is 11.6 Å². The van der Waals surface area contributed by atoms with Crippen LogP contribution in [0.4, 0.5) is 0 Å². The van der Waals surface area contributed by atoms with Crippen molar-refractivity contribution >= 4 is 33.4 Å². The number of rotatable bonds is 13. The number of hydrogen-bond acceptors (Lipinski definition) is 4. The molecule has 0 fully saturated rings. The van der Waals surface area contributed by atoms with Crippen molar-refractivity contribution in [1.82, 2.24) is 14.5 Å². The Hall–Kier alpha value is -2.42. The molecule has 2 aromatic rings. The van der Waals surface area contributed by atoms with Gasteiger partial charge in [0.15, 0.2) is 0 Å². The summed E-state index contributed by atoms with van der Waals surface area (Å²) >= 11 is 6.01. The Balaban J connectivity index is 2.38. The van der Waals surface area contributed by atoms with Crippen LogP contribution in [0.5, 0.6) is 0 Å². The lowest BCUT2D eigenvalue weighted by Crippen LogP contribution is -2.53. The molecule has 1 N–H and O–H groups in total. The normalized spacial score (nSPS) is 12.4. The summed E-state index contributed by atoms with van der Waals surface area (Å²) in [7, 11) is -2.22. The van der Waals surface area contributed by atoms with Crippen molar-refractivity contribution in [2.45, 2.75) is 45.2 Å². The number of hydrogen-bond donors (Lipinski definition) is 1. The van der Waals surface area contributed by atoms with Crippen molar-refractivity contribution in [2.75, 3.05) is 26.4 Å². The van der Waals surface area contributed by atoms with Crippen LogP contribution in [0.1, 0.15) is 37.3 Å². The van der Waals surface area contributed by atoms with Crippen LogP contribution in [0, 0.1) is 0 Å². The second kappa shape index (κ2) is 13.5. The van der Waals surface area contributed by atoms with Crippen LogP contribution in [-0.4, -0.2) is 61.9 Å². The van der Waals surface area contributed by atoms with Gasteiger partial charge in [0.25, 0.3) is 0 Å². The van der Waals surface area contributed by atoms with Crippen molar-refractivity contribution < 1.29 is 18.0 Å². The Morgan fingerprint density at radius 3 is 2.24 bits per heavy atom. The summed E-state index contributed by atoms with van der Waals surface area (Å²) in [6, 6.07) is 15.7. The number of sulfonamides is 1. The van der Waals surface area contributed by atoms with Crippen LogP contribution in [0.2, 0.25) is 5.02 Å². The molecule has 0 aromatic heterocycles. The lowest BCUT2D eigenvalue weighted by atomic mass is 10.0. The molecule has 0 unspecified atom stereocenters. The summed E-state index contributed by atoms with van der Waals surface area (Å²) in [5.74, 6) is -0.711. The minimum absolute atomic E-state index is 0.146. The minimum atomic E-state index is -3.57. The summed E-state index contributed by atoms with van der Waals surface area (Å²) in [6.45, 7) is 2.39. The summed E-state index contributed by atoms with van der Waals surface area (Å²) in [5.41, 5.74) is 1.69. The first-order chi connectivity index (χ1) is 16.1. The van der Waals surface area contributed by atoms with Crippen molar-refractivity contribution in [3.8, 4) is 0 Å². The fraction of sp³-hybridized carbons (Fsp3) is 0.440. The second-order valence-electron chi connectivity index (χ2n) is 8.37. The predicted molar refractivity (Wildman–Crippen MR) is 136 cm³/mol. The van der Waals surface area contributed by atoms with E-state index >= 15 is 0 Å². The molecule has 0 saturated heterocycles. The number of benzene rings is 2. The zero-order chi connectivity index (χ0) is 25.1. The molecule has 0 bridgehead atoms. The number of nitrogens with one attached hydrogen (secondary N) is 1. The van der Waals surface area contributed by atoms with Gasteiger partial charge in [0.1, 0.15) is 6.04 Å². The molecule has 2 aromatic carbocycles. The molecule has 0 saturated carbocycles. The highest BCUT2D eigenvalue weighted by Gasteiger charge is 2.31. The standard InChI is InChI=1S/C25H34ClN3O4S/c1-4-5-9-16-27-25(31)23(17-20-10-7-6-8-11-20)29(18-21-12-14-22(26)15-13-21)24(30)19-28(2)34(3,32)33/h6-8,10-15,23H,4-5,9,16-19H2,1-3H3,(H,27,31)/t23-/m1/s1. The van der Waals surface area contributed by atoms with Gasteiger partial charge in [-0.15, -0.1) is 0 Å². The molecular formula is C25H34ClN3O4S. The Morgan fingerprint density at radius 2 is 1.65 bits per heavy atom. The fourth-order valence-electron chi connectivity index (χ4n) is 3.44. The van der Waals surface area contributed by atoms with E-state index in [-0.39, 0.29) is 19.0 Å². The van der Waals surface area contributed by atoms with E-state index < -0.39 is 22.0 Å². The minimum Gasteiger partial charge on any atom is -0.354 e. The van der Waals surface area contributed by atoms with Crippen LogP contribution in [-0.2, 0) is 32.6 Å². The second-order valence-corrected chi connectivity index (χ2v) is 10.9. The van der Waals surface area contributed by atoms with Gasteiger partial charge in [-0.3, -0.25) is 9.59 Å². The number of likely N-dealkylation sites (N-methyl/N-ethyl adjacent to an activating group) is 1. The molecule has 0 radical (unpaired) electrons. The zero-order valence-electron chi connectivity index (χ0n) is 20.0. The highest BCUT2D eigenvalue weighted by Crippen LogP contribution is 2.17. The molecule has 0 aliphatic rings. The molecule has 186 valence electrons. The maximum atomic E-state index is 13.4. The third kappa shape index (κ3) is 9.08. The van der Waals surface area contributed by atoms with Gasteiger partial charge < -0.3 is 10.2 Å². The number of carbonyl (C=O) groups is 2. The highest BCUT2D eigenvalue weighted by molar-refractivity contribution is 7.88. The van der Waals surface area contributed by atoms with E-state index in [1.807, 2.05) is 30.3 Å². The first-order valence-corrected chi connectivity index (χ1v) is 13.6. The average molecular weight is 508 g/mol. The monoisotopic (exact) mass is 507 g/mol. The largest absolute Gasteiger partial charge is 0.354 e. The molecule has 2 amide bonds. The van der Waals surface area contributed by atoms with Crippen molar-refractivity contribution in [3.63, 3.8) is 0 Å². The molecule has 0 aliphatic heterocycles. The maximum Gasteiger partial charge on any atom is 0.243 e. The van der Waals surface area contributed by atoms with E-state index in [2.05, 4.69) is 12.2 Å². The lowest BCUT2D eigenvalue weighted by molar-refractivity contribution is -0.141. The van der Waals surface area contributed by atoms with E-state index in [1.54, 1.807) is 24.3 Å². The maximum absolute atomic E-state index is 13.4. The van der Waals surface area contributed by atoms with Gasteiger partial charge in [-0.1, -0.05) is 73.8 Å². The summed E-state index contributed by atoms with van der Waals surface area (Å²) < 4.78 is 24.9. The Morgan fingerprint density at radius 1 is 1.00 bits per heavy atom. The first kappa shape index (κ1) is 27.8. The number of carbonyl (C=O) groups excluding carboxylic acids is 2. The topological polar surface area (TPSA) is 86.8 Å². The highest BCUT2D eigenvalue weighted by atomic mass is 35.5. The molecule has 34 heavy (non-hydrogen) atoms. The van der Waals surface area contributed by atoms with Crippen LogP contribution in [0.15, 0.2) is 54.6 Å². The average Bonchev–Trinajstić information content (AvgIpc) is 2.80. The third-order valence-corrected chi connectivity index (χ3v) is 7.05. The zero-order valence-corrected chi connectivity index (χ0v) is 21.6. The van der Waals surface area contributed by atoms with E-state index in [1.165, 1.54) is 11.9 Å². The van der Waals surface area contributed by atoms with Crippen LogP contribution in [0.25, 0.3) is 0 Å². The smallest absolute Gasteiger partial charge is 0.243 e. The van der Waals surface area contributed by atoms with Crippen molar-refractivity contribution in [2.24, 2.45) is 0 Å². The fourth-order valence-corrected chi connectivity index (χ4v) is 3.91. The molecule has 9 heteroatoms. The van der Waals surface area contributed by atoms with E-state index in [0.29, 0.717) is 18.0 Å². The number of amides is 2. The van der Waals surface area contributed by atoms with Gasteiger partial charge in [-0.25, -0.2) is 8.42 Å². The molecule has 1 atom stereocenters. The van der Waals surface area contributed by atoms with Gasteiger partial charge in [-0.05, 0) is 29.7 Å². The summed E-state index contributed by atoms with van der Waals surface area (Å²) in [6.07, 6.45) is 4.23. The Bertz CT molecular complexity index is 1030. The SMILES string of the molecule is CCCCCNC(=O)[C@@H](Cc1ccccc1)N(Cc1ccc(Cl)cc1)C(=O)CN(C)S(C)(=O)=O. The summed E-state index contributed by atoms with van der Waals surface area (Å²) in [5, 5.41) is 3.53. The van der Waals surface area contributed by atoms with Gasteiger partial charge >= 0.3 is 0 Å². The van der Waals surface area contributed by atoms with Gasteiger partial charge in [0.2, 0.25) is 21.8 Å². The van der Waals surface area contributed by atoms with Crippen molar-refractivity contribution in [1.29, 1.82) is 0 Å². The lowest BCUT2D eigenvalue weighted by Gasteiger charge is -2.32. The van der Waals surface area contributed by atoms with Gasteiger partial charge in [-0.2, -0.15) is 4.31 Å². The van der Waals surface area contributed by atoms with E-state index in [9.17, 15) is 18.0 Å². The molecule has 0 heterocycles. The molecular weight excluding hydrogens is 474 g/mol. The first-order valence-electron chi connectivity index (χ1n) is 11.4. The predicted octanol–water partition coefficient (Wildman–Crippen LogP) is 3.48. The van der Waals surface area contributed by atoms with Gasteiger partial charge in [0, 0.05) is 31.6 Å². The van der Waals surface area contributed by atoms with Gasteiger partial charge in [0.05, 0.1) is 12.8 Å². The van der Waals surface area contributed by atoms with Crippen LogP contribution in [0.3, 0.4) is 0 Å².